The van der Waals surface area contributed by atoms with Crippen LogP contribution >= 0.6 is 0 Å². The molecule has 0 aliphatic carbocycles. The molecule has 0 aliphatic rings. The van der Waals surface area contributed by atoms with E-state index in [1.54, 1.807) is 13.8 Å². The van der Waals surface area contributed by atoms with Crippen molar-refractivity contribution < 1.29 is 4.39 Å². The van der Waals surface area contributed by atoms with Gasteiger partial charge in [0.05, 0.1) is 0 Å². The predicted molar refractivity (Wildman–Crippen MR) is 28.3 cm³/mol. The van der Waals surface area contributed by atoms with E-state index in [2.05, 4.69) is 0 Å². The fourth-order valence-electron chi connectivity index (χ4n) is 0.253. The molecule has 0 aromatic heterocycles. The third-order valence-corrected chi connectivity index (χ3v) is 0.415. The number of nitrogens with one attached hydrogen (secondary N) is 1. The van der Waals surface area contributed by atoms with Gasteiger partial charge in [-0.05, 0) is 19.9 Å². The van der Waals surface area contributed by atoms with Crippen molar-refractivity contribution in [2.24, 2.45) is 0 Å². The lowest BCUT2D eigenvalue weighted by atomic mass is 10.3. The minimum atomic E-state index is -0.875. The lowest BCUT2D eigenvalue weighted by Gasteiger charge is -1.80. The van der Waals surface area contributed by atoms with Crippen LogP contribution in [0.15, 0.2) is 11.6 Å². The molecule has 0 aromatic rings. The lowest BCUT2D eigenvalue weighted by Crippen LogP contribution is -1.76. The van der Waals surface area contributed by atoms with E-state index in [1.807, 2.05) is 0 Å². The van der Waals surface area contributed by atoms with Gasteiger partial charge in [-0.1, -0.05) is 5.57 Å². The van der Waals surface area contributed by atoms with Gasteiger partial charge in [-0.2, -0.15) is 4.39 Å². The summed E-state index contributed by atoms with van der Waals surface area (Å²) < 4.78 is 11.5. The Morgan fingerprint density at radius 1 is 1.57 bits per heavy atom. The molecule has 0 aromatic carbocycles. The summed E-state index contributed by atoms with van der Waals surface area (Å²) in [4.78, 5) is 0. The first-order chi connectivity index (χ1) is 3.13. The smallest absolute Gasteiger partial charge is 0.205 e. The predicted octanol–water partition coefficient (Wildman–Crippen LogP) is 1.90. The number of allylic oxidation sites excluding steroid dienone is 2. The summed E-state index contributed by atoms with van der Waals surface area (Å²) in [5.41, 5.74) is 0.813. The lowest BCUT2D eigenvalue weighted by molar-refractivity contribution is 0.802. The molecule has 0 fully saturated rings. The maximum absolute atomic E-state index is 11.5. The summed E-state index contributed by atoms with van der Waals surface area (Å²) in [6, 6.07) is 0. The molecule has 0 aliphatic heterocycles. The molecular formula is C5H8FN. The molecule has 0 bridgehead atoms. The van der Waals surface area contributed by atoms with Crippen LogP contribution in [0.5, 0.6) is 0 Å². The summed E-state index contributed by atoms with van der Waals surface area (Å²) >= 11 is 0. The molecule has 0 rings (SSSR count). The molecule has 1 nitrogen and oxygen atoms in total. The first-order valence-electron chi connectivity index (χ1n) is 2.02. The van der Waals surface area contributed by atoms with Crippen LogP contribution in [0.2, 0.25) is 0 Å². The van der Waals surface area contributed by atoms with Crippen LogP contribution in [-0.2, 0) is 0 Å². The van der Waals surface area contributed by atoms with E-state index in [4.69, 9.17) is 5.41 Å². The Morgan fingerprint density at radius 2 is 2.00 bits per heavy atom. The summed E-state index contributed by atoms with van der Waals surface area (Å²) in [6.07, 6.45) is 1.17. The summed E-state index contributed by atoms with van der Waals surface area (Å²) in [5, 5.41) is 6.28. The van der Waals surface area contributed by atoms with Crippen LogP contribution in [0, 0.1) is 5.41 Å². The van der Waals surface area contributed by atoms with Crippen molar-refractivity contribution in [1.29, 1.82) is 5.41 Å². The molecule has 0 heterocycles. The van der Waals surface area contributed by atoms with Gasteiger partial charge >= 0.3 is 0 Å². The van der Waals surface area contributed by atoms with Crippen molar-refractivity contribution in [2.45, 2.75) is 13.8 Å². The monoisotopic (exact) mass is 101 g/mol. The molecule has 7 heavy (non-hydrogen) atoms. The van der Waals surface area contributed by atoms with Crippen molar-refractivity contribution in [3.63, 3.8) is 0 Å². The molecule has 0 amide bonds. The zero-order valence-corrected chi connectivity index (χ0v) is 4.46. The molecular weight excluding hydrogens is 93.1 g/mol. The molecule has 2 heteroatoms. The Bertz CT molecular complexity index is 101. The highest BCUT2D eigenvalue weighted by Crippen LogP contribution is 1.88. The molecule has 0 radical (unpaired) electrons. The Morgan fingerprint density at radius 3 is 2.00 bits per heavy atom. The van der Waals surface area contributed by atoms with Crippen LogP contribution in [-0.4, -0.2) is 5.97 Å². The Kier molecular flexibility index (Phi) is 2.27. The fraction of sp³-hybridized carbons (Fsp3) is 0.400. The first kappa shape index (κ1) is 6.34. The molecule has 0 saturated carbocycles. The van der Waals surface area contributed by atoms with Crippen molar-refractivity contribution in [2.75, 3.05) is 0 Å². The maximum atomic E-state index is 11.5. The molecule has 0 saturated heterocycles. The average Bonchev–Trinajstić information content (AvgIpc) is 1.27. The van der Waals surface area contributed by atoms with Gasteiger partial charge in [0, 0.05) is 0 Å². The van der Waals surface area contributed by atoms with E-state index >= 15 is 0 Å². The first-order valence-corrected chi connectivity index (χ1v) is 2.02. The molecule has 0 spiro atoms. The van der Waals surface area contributed by atoms with E-state index in [1.165, 1.54) is 6.08 Å². The highest BCUT2D eigenvalue weighted by atomic mass is 19.1. The van der Waals surface area contributed by atoms with Crippen molar-refractivity contribution in [1.82, 2.24) is 0 Å². The van der Waals surface area contributed by atoms with E-state index < -0.39 is 5.97 Å². The Balaban J connectivity index is 3.68. The zero-order valence-electron chi connectivity index (χ0n) is 4.46. The third-order valence-electron chi connectivity index (χ3n) is 0.415. The number of halogens is 1. The largest absolute Gasteiger partial charge is 0.274 e. The highest BCUT2D eigenvalue weighted by Gasteiger charge is 1.80. The van der Waals surface area contributed by atoms with Crippen molar-refractivity contribution >= 4 is 5.97 Å². The highest BCUT2D eigenvalue weighted by molar-refractivity contribution is 5.83. The normalized spacial score (nSPS) is 7.86. The van der Waals surface area contributed by atoms with Crippen LogP contribution in [0.1, 0.15) is 13.8 Å². The third kappa shape index (κ3) is 5.34. The van der Waals surface area contributed by atoms with Gasteiger partial charge in [-0.25, -0.2) is 0 Å². The van der Waals surface area contributed by atoms with E-state index in [-0.39, 0.29) is 0 Å². The van der Waals surface area contributed by atoms with Gasteiger partial charge in [0.25, 0.3) is 0 Å². The van der Waals surface area contributed by atoms with E-state index in [0.717, 1.165) is 5.57 Å². The van der Waals surface area contributed by atoms with Crippen LogP contribution in [0.25, 0.3) is 0 Å². The zero-order chi connectivity index (χ0) is 5.86. The topological polar surface area (TPSA) is 23.9 Å². The van der Waals surface area contributed by atoms with Gasteiger partial charge in [0.1, 0.15) is 0 Å². The minimum absolute atomic E-state index is 0.813. The maximum Gasteiger partial charge on any atom is 0.205 e. The number of rotatable bonds is 1. The summed E-state index contributed by atoms with van der Waals surface area (Å²) in [7, 11) is 0. The second-order valence-electron chi connectivity index (χ2n) is 1.57. The van der Waals surface area contributed by atoms with Gasteiger partial charge in [0.15, 0.2) is 0 Å². The standard InChI is InChI=1S/C5H8FN/c1-4(2)3-5(6)7/h3,7H,1-2H3. The fourth-order valence-corrected chi connectivity index (χ4v) is 0.253. The molecule has 1 N–H and O–H groups in total. The second-order valence-corrected chi connectivity index (χ2v) is 1.57. The van der Waals surface area contributed by atoms with E-state index in [9.17, 15) is 4.39 Å². The quantitative estimate of drug-likeness (QED) is 0.488. The second kappa shape index (κ2) is 2.50. The summed E-state index contributed by atoms with van der Waals surface area (Å²) in [5.74, 6) is -0.875. The van der Waals surface area contributed by atoms with Crippen LogP contribution < -0.4 is 0 Å². The Labute approximate surface area is 42.4 Å². The van der Waals surface area contributed by atoms with E-state index in [0.29, 0.717) is 0 Å². The van der Waals surface area contributed by atoms with Crippen molar-refractivity contribution in [3.05, 3.63) is 11.6 Å². The van der Waals surface area contributed by atoms with Crippen molar-refractivity contribution in [3.8, 4) is 0 Å². The number of hydrogen-bond acceptors (Lipinski definition) is 1. The Hall–Kier alpha value is -0.660. The summed E-state index contributed by atoms with van der Waals surface area (Å²) in [6.45, 7) is 3.49. The van der Waals surface area contributed by atoms with Crippen LogP contribution in [0.3, 0.4) is 0 Å². The minimum Gasteiger partial charge on any atom is -0.274 e. The molecule has 40 valence electrons. The molecule has 0 atom stereocenters. The average molecular weight is 101 g/mol. The van der Waals surface area contributed by atoms with Gasteiger partial charge in [-0.15, -0.1) is 0 Å². The molecule has 0 unspecified atom stereocenters. The van der Waals surface area contributed by atoms with Gasteiger partial charge < -0.3 is 0 Å². The number of hydrogen-bond donors (Lipinski definition) is 1. The van der Waals surface area contributed by atoms with Gasteiger partial charge in [-0.3, -0.25) is 5.41 Å². The van der Waals surface area contributed by atoms with Gasteiger partial charge in [0.2, 0.25) is 5.97 Å². The van der Waals surface area contributed by atoms with Crippen LogP contribution in [0.4, 0.5) is 4.39 Å². The SMILES string of the molecule is CC(C)=CC(=N)F.